The largest absolute Gasteiger partial charge is 0.393 e. The third-order valence-electron chi connectivity index (χ3n) is 10.8. The van der Waals surface area contributed by atoms with Gasteiger partial charge in [-0.2, -0.15) is 0 Å². The van der Waals surface area contributed by atoms with Crippen molar-refractivity contribution in [1.82, 2.24) is 10.2 Å². The summed E-state index contributed by atoms with van der Waals surface area (Å²) in [5.41, 5.74) is 0.407. The average molecular weight is 509 g/mol. The number of hydrogen-bond donors (Lipinski definition) is 2. The smallest absolute Gasteiger partial charge is 0.0543 e. The van der Waals surface area contributed by atoms with Crippen LogP contribution < -0.4 is 5.32 Å². The molecule has 0 aromatic heterocycles. The lowest BCUT2D eigenvalue weighted by Gasteiger charge is -2.49. The lowest BCUT2D eigenvalue weighted by atomic mass is 9.64. The van der Waals surface area contributed by atoms with E-state index < -0.39 is 0 Å². The van der Waals surface area contributed by atoms with E-state index in [-0.39, 0.29) is 6.10 Å². The molecule has 0 bridgehead atoms. The Labute approximate surface area is 222 Å². The second-order valence-corrected chi connectivity index (χ2v) is 14.9. The fourth-order valence-corrected chi connectivity index (χ4v) is 8.93. The van der Waals surface area contributed by atoms with Crippen molar-refractivity contribution in [3.8, 4) is 0 Å². The van der Waals surface area contributed by atoms with Crippen LogP contribution >= 0.6 is 11.6 Å². The molecule has 0 aromatic carbocycles. The van der Waals surface area contributed by atoms with Crippen molar-refractivity contribution in [2.45, 2.75) is 129 Å². The van der Waals surface area contributed by atoms with Crippen molar-refractivity contribution in [3.05, 3.63) is 0 Å². The standard InChI is InChI=1S/C31H57ClN2O/c1-22(2)30(33-19-23-7-5-8-25(17-23)26-9-6-10-28(35)18-26)20-34-16-15-29(31(3,4)21-34)24-11-13-27(32)14-12-24/h22-30,33,35H,5-21H2,1-4H3/t23?,24?,25?,26?,27?,28?,29-,30+/m1/s1. The Morgan fingerprint density at radius 1 is 0.886 bits per heavy atom. The van der Waals surface area contributed by atoms with Gasteiger partial charge in [-0.3, -0.25) is 0 Å². The van der Waals surface area contributed by atoms with Gasteiger partial charge in [-0.15, -0.1) is 11.6 Å². The van der Waals surface area contributed by atoms with Crippen LogP contribution in [0.4, 0.5) is 0 Å². The van der Waals surface area contributed by atoms with Crippen molar-refractivity contribution in [1.29, 1.82) is 0 Å². The normalized spacial score (nSPS) is 40.0. The number of nitrogens with one attached hydrogen (secondary N) is 1. The quantitative estimate of drug-likeness (QED) is 0.343. The monoisotopic (exact) mass is 508 g/mol. The number of nitrogens with zero attached hydrogens (tertiary/aromatic N) is 1. The van der Waals surface area contributed by atoms with Gasteiger partial charge in [-0.25, -0.2) is 0 Å². The number of hydrogen-bond acceptors (Lipinski definition) is 3. The molecule has 3 aliphatic carbocycles. The van der Waals surface area contributed by atoms with E-state index in [0.29, 0.717) is 22.8 Å². The highest BCUT2D eigenvalue weighted by molar-refractivity contribution is 6.20. The molecule has 4 aliphatic rings. The van der Waals surface area contributed by atoms with Gasteiger partial charge < -0.3 is 15.3 Å². The zero-order valence-corrected chi connectivity index (χ0v) is 24.2. The highest BCUT2D eigenvalue weighted by Gasteiger charge is 2.41. The lowest BCUT2D eigenvalue weighted by Crippen LogP contribution is -2.53. The molecular weight excluding hydrogens is 452 g/mol. The molecule has 0 radical (unpaired) electrons. The topological polar surface area (TPSA) is 35.5 Å². The van der Waals surface area contributed by atoms with Crippen LogP contribution in [-0.4, -0.2) is 53.7 Å². The van der Waals surface area contributed by atoms with Gasteiger partial charge >= 0.3 is 0 Å². The van der Waals surface area contributed by atoms with E-state index in [1.54, 1.807) is 0 Å². The van der Waals surface area contributed by atoms with Crippen molar-refractivity contribution >= 4 is 11.6 Å². The Bertz CT molecular complexity index is 631. The molecule has 4 unspecified atom stereocenters. The minimum absolute atomic E-state index is 0.0266. The number of piperidine rings is 1. The fraction of sp³-hybridized carbons (Fsp3) is 1.00. The van der Waals surface area contributed by atoms with Crippen molar-refractivity contribution < 1.29 is 5.11 Å². The van der Waals surface area contributed by atoms with E-state index in [1.807, 2.05) is 0 Å². The Morgan fingerprint density at radius 3 is 2.23 bits per heavy atom. The maximum absolute atomic E-state index is 10.2. The van der Waals surface area contributed by atoms with Crippen LogP contribution in [-0.2, 0) is 0 Å². The Kier molecular flexibility index (Phi) is 10.3. The lowest BCUT2D eigenvalue weighted by molar-refractivity contribution is 0.00439. The van der Waals surface area contributed by atoms with Crippen molar-refractivity contribution in [2.75, 3.05) is 26.2 Å². The number of likely N-dealkylation sites (tertiary alicyclic amines) is 1. The first-order valence-corrected chi connectivity index (χ1v) is 15.9. The summed E-state index contributed by atoms with van der Waals surface area (Å²) >= 11 is 6.42. The van der Waals surface area contributed by atoms with Crippen molar-refractivity contribution in [3.63, 3.8) is 0 Å². The highest BCUT2D eigenvalue weighted by Crippen LogP contribution is 2.45. The summed E-state index contributed by atoms with van der Waals surface area (Å²) in [5.74, 6) is 4.90. The molecule has 35 heavy (non-hydrogen) atoms. The van der Waals surface area contributed by atoms with E-state index >= 15 is 0 Å². The molecule has 0 spiro atoms. The first kappa shape index (κ1) is 28.2. The Hall–Kier alpha value is 0.170. The summed E-state index contributed by atoms with van der Waals surface area (Å²) in [6.07, 6.45) is 16.8. The third kappa shape index (κ3) is 7.84. The molecule has 4 heteroatoms. The summed E-state index contributed by atoms with van der Waals surface area (Å²) in [6.45, 7) is 14.8. The van der Waals surface area contributed by atoms with Crippen molar-refractivity contribution in [2.24, 2.45) is 40.9 Å². The number of rotatable bonds is 8. The van der Waals surface area contributed by atoms with E-state index in [2.05, 4.69) is 37.9 Å². The Morgan fingerprint density at radius 2 is 1.57 bits per heavy atom. The summed E-state index contributed by atoms with van der Waals surface area (Å²) in [7, 11) is 0. The molecule has 4 rings (SSSR count). The Balaban J connectivity index is 1.25. The summed E-state index contributed by atoms with van der Waals surface area (Å²) < 4.78 is 0. The van der Waals surface area contributed by atoms with Gasteiger partial charge in [0.1, 0.15) is 0 Å². The maximum atomic E-state index is 10.2. The molecular formula is C31H57ClN2O. The van der Waals surface area contributed by atoms with E-state index in [9.17, 15) is 5.11 Å². The summed E-state index contributed by atoms with van der Waals surface area (Å²) in [6, 6.07) is 0.589. The van der Waals surface area contributed by atoms with Gasteiger partial charge in [0.25, 0.3) is 0 Å². The number of aliphatic hydroxyl groups excluding tert-OH is 1. The minimum Gasteiger partial charge on any atom is -0.393 e. The molecule has 204 valence electrons. The van der Waals surface area contributed by atoms with E-state index in [1.165, 1.54) is 96.8 Å². The molecule has 6 atom stereocenters. The molecule has 2 N–H and O–H groups in total. The van der Waals surface area contributed by atoms with Crippen LogP contribution in [0.15, 0.2) is 0 Å². The molecule has 1 saturated heterocycles. The minimum atomic E-state index is -0.0266. The SMILES string of the molecule is CC(C)[C@H](CN1CC[C@H](C2CCC(Cl)CC2)C(C)(C)C1)NCC1CCCC(C2CCCC(O)C2)C1. The molecule has 0 amide bonds. The van der Waals surface area contributed by atoms with Crippen LogP contribution in [0, 0.1) is 40.9 Å². The fourth-order valence-electron chi connectivity index (χ4n) is 8.68. The van der Waals surface area contributed by atoms with Crippen LogP contribution in [0.3, 0.4) is 0 Å². The molecule has 0 aromatic rings. The number of halogens is 1. The van der Waals surface area contributed by atoms with Gasteiger partial charge in [-0.05, 0) is 118 Å². The number of alkyl halides is 1. The summed E-state index contributed by atoms with van der Waals surface area (Å²) in [4.78, 5) is 2.79. The van der Waals surface area contributed by atoms with E-state index in [4.69, 9.17) is 11.6 Å². The van der Waals surface area contributed by atoms with Crippen LogP contribution in [0.5, 0.6) is 0 Å². The molecule has 3 saturated carbocycles. The van der Waals surface area contributed by atoms with Gasteiger partial charge in [0.05, 0.1) is 6.10 Å². The van der Waals surface area contributed by atoms with Gasteiger partial charge in [0.15, 0.2) is 0 Å². The predicted octanol–water partition coefficient (Wildman–Crippen LogP) is 7.10. The van der Waals surface area contributed by atoms with E-state index in [0.717, 1.165) is 42.4 Å². The highest BCUT2D eigenvalue weighted by atomic mass is 35.5. The molecule has 1 aliphatic heterocycles. The number of aliphatic hydroxyl groups is 1. The molecule has 4 fully saturated rings. The van der Waals surface area contributed by atoms with Crippen LogP contribution in [0.1, 0.15) is 111 Å². The van der Waals surface area contributed by atoms with Gasteiger partial charge in [0.2, 0.25) is 0 Å². The zero-order valence-electron chi connectivity index (χ0n) is 23.5. The van der Waals surface area contributed by atoms with Crippen LogP contribution in [0.2, 0.25) is 0 Å². The average Bonchev–Trinajstić information content (AvgIpc) is 2.82. The second-order valence-electron chi connectivity index (χ2n) is 14.3. The van der Waals surface area contributed by atoms with Gasteiger partial charge in [0, 0.05) is 24.5 Å². The second kappa shape index (κ2) is 12.8. The maximum Gasteiger partial charge on any atom is 0.0543 e. The molecule has 3 nitrogen and oxygen atoms in total. The predicted molar refractivity (Wildman–Crippen MR) is 150 cm³/mol. The first-order chi connectivity index (χ1) is 16.7. The van der Waals surface area contributed by atoms with Gasteiger partial charge in [-0.1, -0.05) is 47.0 Å². The third-order valence-corrected chi connectivity index (χ3v) is 11.2. The first-order valence-electron chi connectivity index (χ1n) is 15.5. The summed E-state index contributed by atoms with van der Waals surface area (Å²) in [5, 5.41) is 14.7. The van der Waals surface area contributed by atoms with Crippen LogP contribution in [0.25, 0.3) is 0 Å². The zero-order chi connectivity index (χ0) is 25.0. The molecule has 1 heterocycles.